The Bertz CT molecular complexity index is 674. The molecule has 0 fully saturated rings. The summed E-state index contributed by atoms with van der Waals surface area (Å²) in [5.74, 6) is -0.317. The number of benzene rings is 1. The molecule has 1 amide bonds. The molecule has 2 aromatic rings. The predicted molar refractivity (Wildman–Crippen MR) is 81.7 cm³/mol. The van der Waals surface area contributed by atoms with Crippen LogP contribution < -0.4 is 5.32 Å². The number of aromatic nitrogens is 2. The topological polar surface area (TPSA) is 98.0 Å². The molecule has 1 aromatic heterocycles. The fraction of sp³-hybridized carbons (Fsp3) is 0.250. The lowest BCUT2D eigenvalue weighted by Gasteiger charge is -2.10. The third-order valence-corrected chi connectivity index (χ3v) is 4.54. The summed E-state index contributed by atoms with van der Waals surface area (Å²) in [6, 6.07) is 6.04. The van der Waals surface area contributed by atoms with E-state index in [1.54, 1.807) is 19.1 Å². The van der Waals surface area contributed by atoms with Gasteiger partial charge in [0, 0.05) is 6.07 Å². The number of nitrogens with zero attached hydrogens (tertiary/aromatic N) is 3. The Hall–Kier alpha value is -2.00. The molecule has 1 N–H and O–H groups in total. The first-order valence-corrected chi connectivity index (χ1v) is 7.68. The summed E-state index contributed by atoms with van der Waals surface area (Å²) in [4.78, 5) is 22.5. The smallest absolute Gasteiger partial charge is 0.292 e. The van der Waals surface area contributed by atoms with Crippen molar-refractivity contribution in [1.29, 1.82) is 0 Å². The summed E-state index contributed by atoms with van der Waals surface area (Å²) in [6.07, 6.45) is 0. The number of carbonyl (C=O) groups excluding carboxylic acids is 1. The van der Waals surface area contributed by atoms with Gasteiger partial charge >= 0.3 is 0 Å². The number of nitro groups is 1. The van der Waals surface area contributed by atoms with E-state index in [1.165, 1.54) is 35.2 Å². The number of nitrogens with one attached hydrogen (secondary N) is 1. The van der Waals surface area contributed by atoms with E-state index in [0.717, 1.165) is 5.01 Å². The number of aryl methyl sites for hydroxylation is 1. The zero-order valence-electron chi connectivity index (χ0n) is 11.3. The average Bonchev–Trinajstić information content (AvgIpc) is 2.84. The molecule has 0 radical (unpaired) electrons. The zero-order chi connectivity index (χ0) is 15.4. The molecule has 0 aliphatic heterocycles. The third kappa shape index (κ3) is 3.99. The highest BCUT2D eigenvalue weighted by atomic mass is 32.2. The molecule has 0 aliphatic carbocycles. The number of rotatable bonds is 5. The first-order chi connectivity index (χ1) is 9.97. The van der Waals surface area contributed by atoms with E-state index >= 15 is 0 Å². The zero-order valence-corrected chi connectivity index (χ0v) is 12.9. The van der Waals surface area contributed by atoms with Crippen molar-refractivity contribution >= 4 is 40.4 Å². The molecule has 0 saturated carbocycles. The molecular formula is C12H12N4O3S2. The maximum Gasteiger partial charge on any atom is 0.292 e. The number of thioether (sulfide) groups is 1. The van der Waals surface area contributed by atoms with E-state index in [0.29, 0.717) is 4.34 Å². The molecule has 110 valence electrons. The van der Waals surface area contributed by atoms with Crippen molar-refractivity contribution in [2.24, 2.45) is 0 Å². The monoisotopic (exact) mass is 324 g/mol. The molecular weight excluding hydrogens is 312 g/mol. The van der Waals surface area contributed by atoms with Gasteiger partial charge in [-0.15, -0.1) is 10.2 Å². The van der Waals surface area contributed by atoms with Gasteiger partial charge in [-0.1, -0.05) is 35.2 Å². The minimum Gasteiger partial charge on any atom is -0.319 e. The van der Waals surface area contributed by atoms with Gasteiger partial charge in [-0.05, 0) is 19.9 Å². The molecule has 1 aromatic carbocycles. The SMILES string of the molecule is Cc1nnc(SC(C)C(=O)Nc2ccccc2[N+](=O)[O-])s1. The van der Waals surface area contributed by atoms with Gasteiger partial charge in [0.15, 0.2) is 4.34 Å². The van der Waals surface area contributed by atoms with Gasteiger partial charge in [-0.25, -0.2) is 0 Å². The van der Waals surface area contributed by atoms with Crippen molar-refractivity contribution in [3.63, 3.8) is 0 Å². The van der Waals surface area contributed by atoms with Gasteiger partial charge in [0.05, 0.1) is 10.2 Å². The summed E-state index contributed by atoms with van der Waals surface area (Å²) in [5.41, 5.74) is 0.0585. The van der Waals surface area contributed by atoms with Crippen LogP contribution in [-0.2, 0) is 4.79 Å². The number of hydrogen-bond acceptors (Lipinski definition) is 7. The highest BCUT2D eigenvalue weighted by Crippen LogP contribution is 2.28. The predicted octanol–water partition coefficient (Wildman–Crippen LogP) is 2.87. The van der Waals surface area contributed by atoms with Crippen LogP contribution in [0.25, 0.3) is 0 Å². The van der Waals surface area contributed by atoms with Crippen LogP contribution in [-0.4, -0.2) is 26.3 Å². The Labute approximate surface area is 128 Å². The van der Waals surface area contributed by atoms with Crippen LogP contribution in [0.2, 0.25) is 0 Å². The van der Waals surface area contributed by atoms with Crippen molar-refractivity contribution in [1.82, 2.24) is 10.2 Å². The van der Waals surface area contributed by atoms with E-state index in [2.05, 4.69) is 15.5 Å². The van der Waals surface area contributed by atoms with Crippen molar-refractivity contribution < 1.29 is 9.72 Å². The van der Waals surface area contributed by atoms with E-state index in [1.807, 2.05) is 6.92 Å². The molecule has 0 aliphatic rings. The number of nitro benzene ring substituents is 1. The van der Waals surface area contributed by atoms with Gasteiger partial charge in [0.2, 0.25) is 5.91 Å². The molecule has 0 bridgehead atoms. The van der Waals surface area contributed by atoms with Crippen molar-refractivity contribution in [2.45, 2.75) is 23.4 Å². The second-order valence-corrected chi connectivity index (χ2v) is 6.88. The maximum absolute atomic E-state index is 12.1. The Morgan fingerprint density at radius 2 is 2.14 bits per heavy atom. The van der Waals surface area contributed by atoms with E-state index in [4.69, 9.17) is 0 Å². The van der Waals surface area contributed by atoms with Gasteiger partial charge in [-0.2, -0.15) is 0 Å². The lowest BCUT2D eigenvalue weighted by molar-refractivity contribution is -0.383. The van der Waals surface area contributed by atoms with Crippen molar-refractivity contribution in [3.8, 4) is 0 Å². The van der Waals surface area contributed by atoms with E-state index < -0.39 is 10.2 Å². The summed E-state index contributed by atoms with van der Waals surface area (Å²) < 4.78 is 0.692. The molecule has 1 atom stereocenters. The molecule has 1 unspecified atom stereocenters. The molecule has 0 saturated heterocycles. The highest BCUT2D eigenvalue weighted by molar-refractivity contribution is 8.02. The molecule has 7 nitrogen and oxygen atoms in total. The number of hydrogen-bond donors (Lipinski definition) is 1. The number of anilines is 1. The number of carbonyl (C=O) groups is 1. The summed E-state index contributed by atoms with van der Waals surface area (Å²) in [6.45, 7) is 3.55. The largest absolute Gasteiger partial charge is 0.319 e. The minimum absolute atomic E-state index is 0.130. The van der Waals surface area contributed by atoms with Crippen LogP contribution in [0.5, 0.6) is 0 Å². The summed E-state index contributed by atoms with van der Waals surface area (Å²) in [5, 5.41) is 21.7. The first-order valence-electron chi connectivity index (χ1n) is 5.98. The highest BCUT2D eigenvalue weighted by Gasteiger charge is 2.20. The number of amides is 1. The average molecular weight is 324 g/mol. The first kappa shape index (κ1) is 15.4. The van der Waals surface area contributed by atoms with Crippen LogP contribution in [0.4, 0.5) is 11.4 Å². The normalized spacial score (nSPS) is 11.9. The standard InChI is InChI=1S/C12H12N4O3S2/c1-7(20-12-15-14-8(2)21-12)11(17)13-9-5-3-4-6-10(9)16(18)19/h3-7H,1-2H3,(H,13,17). The Kier molecular flexibility index (Phi) is 4.86. The second kappa shape index (κ2) is 6.64. The Morgan fingerprint density at radius 3 is 2.76 bits per heavy atom. The van der Waals surface area contributed by atoms with Gasteiger partial charge in [0.25, 0.3) is 5.69 Å². The summed E-state index contributed by atoms with van der Waals surface area (Å²) in [7, 11) is 0. The van der Waals surface area contributed by atoms with Crippen LogP contribution in [0.15, 0.2) is 28.6 Å². The fourth-order valence-corrected chi connectivity index (χ4v) is 3.46. The Balaban J connectivity index is 2.05. The van der Waals surface area contributed by atoms with Crippen LogP contribution in [0, 0.1) is 17.0 Å². The lowest BCUT2D eigenvalue weighted by atomic mass is 10.2. The second-order valence-electron chi connectivity index (χ2n) is 4.11. The molecule has 1 heterocycles. The maximum atomic E-state index is 12.1. The molecule has 2 rings (SSSR count). The van der Waals surface area contributed by atoms with E-state index in [-0.39, 0.29) is 17.3 Å². The number of para-hydroxylation sites is 2. The Morgan fingerprint density at radius 1 is 1.43 bits per heavy atom. The summed E-state index contributed by atoms with van der Waals surface area (Å²) >= 11 is 2.67. The molecule has 0 spiro atoms. The minimum atomic E-state index is -0.526. The van der Waals surface area contributed by atoms with Gasteiger partial charge in [0.1, 0.15) is 10.7 Å². The van der Waals surface area contributed by atoms with Crippen LogP contribution >= 0.6 is 23.1 Å². The van der Waals surface area contributed by atoms with Crippen molar-refractivity contribution in [3.05, 3.63) is 39.4 Å². The quantitative estimate of drug-likeness (QED) is 0.516. The molecule has 9 heteroatoms. The van der Waals surface area contributed by atoms with Gasteiger partial charge < -0.3 is 5.32 Å². The van der Waals surface area contributed by atoms with Gasteiger partial charge in [-0.3, -0.25) is 14.9 Å². The van der Waals surface area contributed by atoms with Crippen LogP contribution in [0.1, 0.15) is 11.9 Å². The lowest BCUT2D eigenvalue weighted by Crippen LogP contribution is -2.22. The van der Waals surface area contributed by atoms with Crippen LogP contribution in [0.3, 0.4) is 0 Å². The van der Waals surface area contributed by atoms with Crippen molar-refractivity contribution in [2.75, 3.05) is 5.32 Å². The molecule has 21 heavy (non-hydrogen) atoms. The third-order valence-electron chi connectivity index (χ3n) is 2.51. The fourth-order valence-electron chi connectivity index (χ4n) is 1.50. The van der Waals surface area contributed by atoms with E-state index in [9.17, 15) is 14.9 Å².